The molecular formula is C15H33O2P. The van der Waals surface area contributed by atoms with Gasteiger partial charge in [0.05, 0.1) is 0 Å². The fourth-order valence-corrected chi connectivity index (χ4v) is 8.62. The molecule has 0 saturated carbocycles. The van der Waals surface area contributed by atoms with E-state index in [0.29, 0.717) is 0 Å². The van der Waals surface area contributed by atoms with Crippen LogP contribution < -0.4 is 0 Å². The van der Waals surface area contributed by atoms with Gasteiger partial charge in [-0.2, -0.15) is 0 Å². The Labute approximate surface area is 114 Å². The van der Waals surface area contributed by atoms with Crippen molar-refractivity contribution in [3.63, 3.8) is 0 Å². The fraction of sp³-hybridized carbons (Fsp3) is 0.933. The van der Waals surface area contributed by atoms with Crippen LogP contribution in [-0.4, -0.2) is 35.2 Å². The second-order valence-corrected chi connectivity index (χ2v) is 10.8. The van der Waals surface area contributed by atoms with Crippen LogP contribution in [0.1, 0.15) is 66.2 Å². The van der Waals surface area contributed by atoms with Crippen LogP contribution in [0, 0.1) is 0 Å². The van der Waals surface area contributed by atoms with Crippen molar-refractivity contribution in [3.05, 3.63) is 0 Å². The molecule has 3 heteroatoms. The van der Waals surface area contributed by atoms with Crippen LogP contribution in [0.2, 0.25) is 0 Å². The number of carbonyl (C=O) groups is 1. The van der Waals surface area contributed by atoms with Crippen molar-refractivity contribution >= 4 is 13.2 Å². The molecular weight excluding hydrogens is 243 g/mol. The Balaban J connectivity index is 4.89. The van der Waals surface area contributed by atoms with Crippen molar-refractivity contribution in [3.8, 4) is 0 Å². The van der Waals surface area contributed by atoms with Gasteiger partial charge >= 0.3 is 113 Å². The number of carboxylic acids is 1. The SMILES string of the molecule is CCCC[PH](CCCC)(CCCC)C(C)C(=O)O. The van der Waals surface area contributed by atoms with E-state index in [1.807, 2.05) is 6.92 Å². The van der Waals surface area contributed by atoms with E-state index >= 15 is 0 Å². The summed E-state index contributed by atoms with van der Waals surface area (Å²) < 4.78 is 0. The van der Waals surface area contributed by atoms with Crippen LogP contribution in [-0.2, 0) is 4.79 Å². The van der Waals surface area contributed by atoms with Gasteiger partial charge in [-0.1, -0.05) is 0 Å². The molecule has 0 radical (unpaired) electrons. The van der Waals surface area contributed by atoms with Gasteiger partial charge < -0.3 is 0 Å². The zero-order valence-electron chi connectivity index (χ0n) is 12.8. The summed E-state index contributed by atoms with van der Waals surface area (Å²) in [7, 11) is -1.62. The third-order valence-electron chi connectivity index (χ3n) is 4.37. The number of rotatable bonds is 11. The fourth-order valence-electron chi connectivity index (χ4n) is 2.87. The van der Waals surface area contributed by atoms with Crippen LogP contribution in [0.4, 0.5) is 0 Å². The van der Waals surface area contributed by atoms with E-state index in [1.165, 1.54) is 57.0 Å². The second-order valence-electron chi connectivity index (χ2n) is 5.73. The van der Waals surface area contributed by atoms with E-state index in [9.17, 15) is 9.90 Å². The molecule has 0 spiro atoms. The van der Waals surface area contributed by atoms with Crippen molar-refractivity contribution in [1.29, 1.82) is 0 Å². The third-order valence-corrected chi connectivity index (χ3v) is 10.5. The van der Waals surface area contributed by atoms with Gasteiger partial charge in [0.25, 0.3) is 0 Å². The van der Waals surface area contributed by atoms with E-state index in [-0.39, 0.29) is 5.66 Å². The van der Waals surface area contributed by atoms with Crippen LogP contribution >= 0.6 is 7.26 Å². The van der Waals surface area contributed by atoms with Gasteiger partial charge in [-0.25, -0.2) is 0 Å². The summed E-state index contributed by atoms with van der Waals surface area (Å²) >= 11 is 0. The minimum atomic E-state index is -1.62. The Kier molecular flexibility index (Phi) is 9.73. The van der Waals surface area contributed by atoms with Crippen molar-refractivity contribution in [2.75, 3.05) is 18.5 Å². The van der Waals surface area contributed by atoms with E-state index < -0.39 is 13.2 Å². The van der Waals surface area contributed by atoms with Crippen LogP contribution in [0.3, 0.4) is 0 Å². The predicted octanol–water partition coefficient (Wildman–Crippen LogP) is 4.61. The minimum absolute atomic E-state index is 0.0675. The van der Waals surface area contributed by atoms with Gasteiger partial charge in [-0.05, 0) is 0 Å². The van der Waals surface area contributed by atoms with Crippen molar-refractivity contribution in [1.82, 2.24) is 0 Å². The molecule has 0 bridgehead atoms. The molecule has 0 aliphatic rings. The molecule has 0 aliphatic heterocycles. The molecule has 1 unspecified atom stereocenters. The van der Waals surface area contributed by atoms with Gasteiger partial charge in [0.15, 0.2) is 0 Å². The molecule has 0 aromatic rings. The van der Waals surface area contributed by atoms with Gasteiger partial charge in [-0.15, -0.1) is 0 Å². The van der Waals surface area contributed by atoms with Gasteiger partial charge in [0, 0.05) is 0 Å². The summed E-state index contributed by atoms with van der Waals surface area (Å²) in [5.41, 5.74) is -0.0675. The third kappa shape index (κ3) is 5.69. The van der Waals surface area contributed by atoms with Gasteiger partial charge in [0.1, 0.15) is 0 Å². The number of hydrogen-bond donors (Lipinski definition) is 1. The van der Waals surface area contributed by atoms with Gasteiger partial charge in [0.2, 0.25) is 0 Å². The van der Waals surface area contributed by atoms with Gasteiger partial charge in [-0.3, -0.25) is 0 Å². The standard InChI is InChI=1S/C15H33O2P/c1-5-8-11-18(12-9-6-2,13-10-7-3)14(4)15(16)17/h14,18H,5-13H2,1-4H3,(H,16,17). The number of hydrogen-bond acceptors (Lipinski definition) is 1. The van der Waals surface area contributed by atoms with Crippen LogP contribution in [0.15, 0.2) is 0 Å². The first-order valence-corrected chi connectivity index (χ1v) is 10.5. The molecule has 18 heavy (non-hydrogen) atoms. The average molecular weight is 276 g/mol. The first-order valence-electron chi connectivity index (χ1n) is 7.76. The number of carboxylic acid groups (broad SMARTS) is 1. The summed E-state index contributed by atoms with van der Waals surface area (Å²) in [6, 6.07) is 0. The summed E-state index contributed by atoms with van der Waals surface area (Å²) in [4.78, 5) is 11.5. The van der Waals surface area contributed by atoms with Crippen molar-refractivity contribution in [2.45, 2.75) is 71.9 Å². The molecule has 0 aromatic heterocycles. The first-order chi connectivity index (χ1) is 8.54. The normalized spacial score (nSPS) is 14.4. The molecule has 0 heterocycles. The Hall–Kier alpha value is -0.100. The molecule has 110 valence electrons. The Morgan fingerprint density at radius 3 is 1.50 bits per heavy atom. The summed E-state index contributed by atoms with van der Waals surface area (Å²) in [6.45, 7) is 8.62. The molecule has 0 rings (SSSR count). The molecule has 0 aromatic carbocycles. The molecule has 0 fully saturated rings. The second kappa shape index (κ2) is 9.78. The summed E-state index contributed by atoms with van der Waals surface area (Å²) in [6.07, 6.45) is 10.9. The van der Waals surface area contributed by atoms with E-state index in [1.54, 1.807) is 0 Å². The zero-order chi connectivity index (χ0) is 14.0. The van der Waals surface area contributed by atoms with E-state index in [4.69, 9.17) is 0 Å². The number of unbranched alkanes of at least 4 members (excludes halogenated alkanes) is 3. The van der Waals surface area contributed by atoms with Crippen LogP contribution in [0.5, 0.6) is 0 Å². The molecule has 2 nitrogen and oxygen atoms in total. The maximum atomic E-state index is 11.5. The monoisotopic (exact) mass is 276 g/mol. The zero-order valence-corrected chi connectivity index (χ0v) is 13.8. The Morgan fingerprint density at radius 2 is 1.28 bits per heavy atom. The molecule has 0 saturated heterocycles. The van der Waals surface area contributed by atoms with Crippen LogP contribution in [0.25, 0.3) is 0 Å². The Morgan fingerprint density at radius 1 is 0.944 bits per heavy atom. The average Bonchev–Trinajstić information content (AvgIpc) is 2.37. The summed E-state index contributed by atoms with van der Waals surface area (Å²) in [5.74, 6) is -0.551. The summed E-state index contributed by atoms with van der Waals surface area (Å²) in [5, 5.41) is 9.45. The maximum absolute atomic E-state index is 11.5. The first kappa shape index (κ1) is 17.9. The quantitative estimate of drug-likeness (QED) is 0.559. The van der Waals surface area contributed by atoms with Crippen molar-refractivity contribution in [2.24, 2.45) is 0 Å². The molecule has 1 N–H and O–H groups in total. The number of aliphatic carboxylic acids is 1. The van der Waals surface area contributed by atoms with E-state index in [0.717, 1.165) is 0 Å². The van der Waals surface area contributed by atoms with Crippen molar-refractivity contribution < 1.29 is 9.90 Å². The molecule has 0 amide bonds. The predicted molar refractivity (Wildman–Crippen MR) is 84.7 cm³/mol. The Bertz CT molecular complexity index is 207. The topological polar surface area (TPSA) is 37.3 Å². The van der Waals surface area contributed by atoms with E-state index in [2.05, 4.69) is 20.8 Å². The molecule has 0 aliphatic carbocycles. The molecule has 1 atom stereocenters.